The van der Waals surface area contributed by atoms with Gasteiger partial charge in [0.05, 0.1) is 0 Å². The molecule has 0 N–H and O–H groups in total. The van der Waals surface area contributed by atoms with E-state index >= 15 is 0 Å². The second-order valence-corrected chi connectivity index (χ2v) is 16.6. The van der Waals surface area contributed by atoms with E-state index in [1.807, 2.05) is 0 Å². The van der Waals surface area contributed by atoms with E-state index in [1.165, 1.54) is 77.0 Å². The molecule has 3 rings (SSSR count). The molecule has 0 aliphatic heterocycles. The van der Waals surface area contributed by atoms with Crippen LogP contribution in [-0.2, 0) is 0 Å². The van der Waals surface area contributed by atoms with Gasteiger partial charge in [-0.3, -0.25) is 0 Å². The van der Waals surface area contributed by atoms with Gasteiger partial charge in [-0.1, -0.05) is 126 Å². The first kappa shape index (κ1) is 27.1. The molecular formula is C29H52I2. The van der Waals surface area contributed by atoms with E-state index in [0.29, 0.717) is 14.3 Å². The van der Waals surface area contributed by atoms with E-state index in [0.717, 1.165) is 39.4 Å². The van der Waals surface area contributed by atoms with E-state index in [2.05, 4.69) is 93.6 Å². The van der Waals surface area contributed by atoms with Gasteiger partial charge in [-0.2, -0.15) is 0 Å². The Bertz CT molecular complexity index is 587. The smallest absolute Gasteiger partial charge is 0.0289 e. The van der Waals surface area contributed by atoms with Crippen LogP contribution < -0.4 is 0 Å². The zero-order chi connectivity index (χ0) is 23.0. The van der Waals surface area contributed by atoms with Gasteiger partial charge in [-0.05, 0) is 91.3 Å². The minimum Gasteiger partial charge on any atom is -0.0820 e. The topological polar surface area (TPSA) is 0 Å². The summed E-state index contributed by atoms with van der Waals surface area (Å²) in [6.07, 6.45) is 17.6. The molecule has 0 aromatic rings. The van der Waals surface area contributed by atoms with Crippen LogP contribution >= 0.6 is 45.2 Å². The van der Waals surface area contributed by atoms with Crippen molar-refractivity contribution in [2.75, 3.05) is 0 Å². The van der Waals surface area contributed by atoms with E-state index < -0.39 is 0 Å². The molecule has 3 aliphatic carbocycles. The van der Waals surface area contributed by atoms with Gasteiger partial charge in [0, 0.05) is 7.35 Å². The first-order chi connectivity index (χ1) is 14.5. The summed E-state index contributed by atoms with van der Waals surface area (Å²) in [4.78, 5) is 0. The largest absolute Gasteiger partial charge is 0.0820 e. The number of alkyl halides is 2. The predicted molar refractivity (Wildman–Crippen MR) is 155 cm³/mol. The van der Waals surface area contributed by atoms with E-state index in [9.17, 15) is 0 Å². The van der Waals surface area contributed by atoms with Gasteiger partial charge in [0.15, 0.2) is 0 Å². The number of fused-ring (bicyclic) bond motifs is 3. The maximum Gasteiger partial charge on any atom is 0.0289 e. The standard InChI is InChI=1S/C29H52I2/c1-8-21(4)14-17-28(7)25-15-18-27(6)23(22(5)11-9-10-20(2)3)12-13-24(27)29(25,31)19-16-26(28)30/h20-26H,8-19H2,1-7H3/t21?,22-,23?,24?,25?,26?,27?,28?,29?/m1/s1. The zero-order valence-electron chi connectivity index (χ0n) is 21.8. The first-order valence-corrected chi connectivity index (χ1v) is 16.1. The molecule has 3 fully saturated rings. The third-order valence-electron chi connectivity index (χ3n) is 10.8. The summed E-state index contributed by atoms with van der Waals surface area (Å²) in [5.74, 6) is 5.55. The van der Waals surface area contributed by atoms with Crippen LogP contribution in [0.3, 0.4) is 0 Å². The molecule has 3 aliphatic rings. The van der Waals surface area contributed by atoms with Gasteiger partial charge >= 0.3 is 0 Å². The van der Waals surface area contributed by atoms with E-state index in [1.54, 1.807) is 0 Å². The summed E-state index contributed by atoms with van der Waals surface area (Å²) in [5.41, 5.74) is 1.15. The van der Waals surface area contributed by atoms with Crippen molar-refractivity contribution in [2.45, 2.75) is 133 Å². The molecule has 0 spiro atoms. The lowest BCUT2D eigenvalue weighted by Crippen LogP contribution is -2.60. The van der Waals surface area contributed by atoms with Crippen LogP contribution in [0.1, 0.15) is 126 Å². The quantitative estimate of drug-likeness (QED) is 0.172. The predicted octanol–water partition coefficient (Wildman–Crippen LogP) is 10.5. The molecule has 0 radical (unpaired) electrons. The molecule has 0 bridgehead atoms. The van der Waals surface area contributed by atoms with Crippen molar-refractivity contribution in [1.29, 1.82) is 0 Å². The third kappa shape index (κ3) is 5.20. The Hall–Kier alpha value is 1.46. The van der Waals surface area contributed by atoms with Gasteiger partial charge < -0.3 is 0 Å². The molecule has 0 amide bonds. The summed E-state index contributed by atoms with van der Waals surface area (Å²) >= 11 is 5.93. The molecule has 0 saturated heterocycles. The summed E-state index contributed by atoms with van der Waals surface area (Å²) in [5, 5.41) is 0. The summed E-state index contributed by atoms with van der Waals surface area (Å²) in [7, 11) is 0. The lowest BCUT2D eigenvalue weighted by Gasteiger charge is -2.63. The molecule has 3 saturated carbocycles. The normalized spacial score (nSPS) is 44.7. The van der Waals surface area contributed by atoms with Gasteiger partial charge in [-0.15, -0.1) is 0 Å². The lowest BCUT2D eigenvalue weighted by molar-refractivity contribution is -0.0469. The second kappa shape index (κ2) is 10.6. The van der Waals surface area contributed by atoms with Crippen LogP contribution in [0.2, 0.25) is 0 Å². The van der Waals surface area contributed by atoms with Gasteiger partial charge in [0.1, 0.15) is 0 Å². The minimum atomic E-state index is 0.547. The third-order valence-corrected chi connectivity index (χ3v) is 14.9. The van der Waals surface area contributed by atoms with Crippen molar-refractivity contribution in [3.05, 3.63) is 0 Å². The SMILES string of the molecule is CCC(C)CCC1(C)C(I)CCC2(I)C1CCC1(C)C([C@H](C)CCCC(C)C)CCC12. The molecule has 2 heteroatoms. The van der Waals surface area contributed by atoms with Crippen molar-refractivity contribution in [3.63, 3.8) is 0 Å². The molecule has 0 aromatic heterocycles. The molecule has 9 atom stereocenters. The second-order valence-electron chi connectivity index (χ2n) is 13.1. The Morgan fingerprint density at radius 2 is 1.58 bits per heavy atom. The van der Waals surface area contributed by atoms with E-state index in [-0.39, 0.29) is 0 Å². The average molecular weight is 655 g/mol. The van der Waals surface area contributed by atoms with Gasteiger partial charge in [0.2, 0.25) is 0 Å². The van der Waals surface area contributed by atoms with Crippen molar-refractivity contribution in [2.24, 2.45) is 46.3 Å². The molecule has 0 heterocycles. The molecule has 31 heavy (non-hydrogen) atoms. The number of halogens is 2. The van der Waals surface area contributed by atoms with Crippen molar-refractivity contribution in [1.82, 2.24) is 0 Å². The highest BCUT2D eigenvalue weighted by atomic mass is 127. The van der Waals surface area contributed by atoms with Crippen LogP contribution in [0.25, 0.3) is 0 Å². The molecular weight excluding hydrogens is 602 g/mol. The Morgan fingerprint density at radius 1 is 0.871 bits per heavy atom. The maximum absolute atomic E-state index is 3.06. The summed E-state index contributed by atoms with van der Waals surface area (Å²) < 4.78 is 1.43. The Morgan fingerprint density at radius 3 is 2.23 bits per heavy atom. The number of hydrogen-bond donors (Lipinski definition) is 0. The number of rotatable bonds is 9. The van der Waals surface area contributed by atoms with Crippen LogP contribution in [0.4, 0.5) is 0 Å². The molecule has 0 nitrogen and oxygen atoms in total. The fourth-order valence-corrected chi connectivity index (χ4v) is 12.0. The first-order valence-electron chi connectivity index (χ1n) is 13.8. The summed E-state index contributed by atoms with van der Waals surface area (Å²) in [6.45, 7) is 17.7. The average Bonchev–Trinajstić information content (AvgIpc) is 3.07. The molecule has 182 valence electrons. The lowest BCUT2D eigenvalue weighted by atomic mass is 9.48. The maximum atomic E-state index is 3.06. The summed E-state index contributed by atoms with van der Waals surface area (Å²) in [6, 6.07) is 0. The van der Waals surface area contributed by atoms with Crippen LogP contribution in [-0.4, -0.2) is 7.35 Å². The number of hydrogen-bond acceptors (Lipinski definition) is 0. The molecule has 0 aromatic carbocycles. The Kier molecular flexibility index (Phi) is 9.26. The van der Waals surface area contributed by atoms with Crippen LogP contribution in [0.15, 0.2) is 0 Å². The van der Waals surface area contributed by atoms with Gasteiger partial charge in [-0.25, -0.2) is 0 Å². The van der Waals surface area contributed by atoms with Crippen LogP contribution in [0.5, 0.6) is 0 Å². The Balaban J connectivity index is 1.77. The van der Waals surface area contributed by atoms with Crippen molar-refractivity contribution < 1.29 is 0 Å². The fraction of sp³-hybridized carbons (Fsp3) is 1.00. The highest BCUT2D eigenvalue weighted by Crippen LogP contribution is 2.71. The highest BCUT2D eigenvalue weighted by Gasteiger charge is 2.65. The minimum absolute atomic E-state index is 0.547. The highest BCUT2D eigenvalue weighted by molar-refractivity contribution is 14.1. The van der Waals surface area contributed by atoms with Crippen LogP contribution in [0, 0.1) is 46.3 Å². The Labute approximate surface area is 222 Å². The van der Waals surface area contributed by atoms with Gasteiger partial charge in [0.25, 0.3) is 0 Å². The zero-order valence-corrected chi connectivity index (χ0v) is 26.1. The fourth-order valence-electron chi connectivity index (χ4n) is 8.55. The van der Waals surface area contributed by atoms with E-state index in [4.69, 9.17) is 0 Å². The van der Waals surface area contributed by atoms with Crippen molar-refractivity contribution >= 4 is 45.2 Å². The monoisotopic (exact) mass is 654 g/mol. The van der Waals surface area contributed by atoms with Crippen molar-refractivity contribution in [3.8, 4) is 0 Å². The molecule has 8 unspecified atom stereocenters.